The Bertz CT molecular complexity index is 596. The number of aromatic nitrogens is 2. The molecular weight excluding hydrogens is 320 g/mol. The second-order valence-electron chi connectivity index (χ2n) is 4.71. The molecule has 0 saturated carbocycles. The number of halogens is 1. The smallest absolute Gasteiger partial charge is 0.122 e. The highest BCUT2D eigenvalue weighted by Gasteiger charge is 2.16. The van der Waals surface area contributed by atoms with Crippen LogP contribution in [0.5, 0.6) is 5.75 Å². The molecule has 0 fully saturated rings. The van der Waals surface area contributed by atoms with Crippen molar-refractivity contribution in [2.75, 3.05) is 7.11 Å². The van der Waals surface area contributed by atoms with Crippen molar-refractivity contribution in [3.63, 3.8) is 0 Å². The summed E-state index contributed by atoms with van der Waals surface area (Å²) >= 11 is 3.45. The number of nitrogens with zero attached hydrogens (tertiary/aromatic N) is 2. The van der Waals surface area contributed by atoms with Gasteiger partial charge in [-0.05, 0) is 36.2 Å². The third kappa shape index (κ3) is 3.22. The van der Waals surface area contributed by atoms with Crippen molar-refractivity contribution in [1.29, 1.82) is 0 Å². The molecule has 2 rings (SSSR count). The van der Waals surface area contributed by atoms with Crippen molar-refractivity contribution in [1.82, 2.24) is 9.78 Å². The maximum atomic E-state index is 10.4. The van der Waals surface area contributed by atoms with Crippen molar-refractivity contribution in [2.24, 2.45) is 7.05 Å². The van der Waals surface area contributed by atoms with Crippen LogP contribution in [0.15, 0.2) is 28.7 Å². The Labute approximate surface area is 127 Å². The van der Waals surface area contributed by atoms with Gasteiger partial charge in [0.15, 0.2) is 0 Å². The number of rotatable bonds is 5. The molecule has 0 aliphatic carbocycles. The van der Waals surface area contributed by atoms with Gasteiger partial charge in [-0.2, -0.15) is 5.10 Å². The quantitative estimate of drug-likeness (QED) is 0.911. The molecule has 0 bridgehead atoms. The van der Waals surface area contributed by atoms with Crippen LogP contribution in [0.2, 0.25) is 0 Å². The topological polar surface area (TPSA) is 47.3 Å². The highest BCUT2D eigenvalue weighted by atomic mass is 79.9. The molecule has 0 saturated heterocycles. The Balaban J connectivity index is 2.24. The maximum Gasteiger partial charge on any atom is 0.122 e. The van der Waals surface area contributed by atoms with Gasteiger partial charge in [0.1, 0.15) is 5.75 Å². The molecule has 1 N–H and O–H groups in total. The zero-order valence-electron chi connectivity index (χ0n) is 11.9. The third-order valence-electron chi connectivity index (χ3n) is 3.33. The highest BCUT2D eigenvalue weighted by Crippen LogP contribution is 2.28. The normalized spacial score (nSPS) is 12.4. The molecule has 1 aromatic heterocycles. The standard InChI is InChI=1S/C15H19BrN2O2/c1-4-12-9-13(18(2)17-12)14(19)8-10-7-11(16)5-6-15(10)20-3/h5-7,9,14,19H,4,8H2,1-3H3. The predicted molar refractivity (Wildman–Crippen MR) is 81.9 cm³/mol. The summed E-state index contributed by atoms with van der Waals surface area (Å²) in [5.41, 5.74) is 2.78. The lowest BCUT2D eigenvalue weighted by atomic mass is 10.0. The summed E-state index contributed by atoms with van der Waals surface area (Å²) in [6, 6.07) is 7.75. The van der Waals surface area contributed by atoms with E-state index in [-0.39, 0.29) is 0 Å². The first-order valence-corrected chi connectivity index (χ1v) is 7.37. The van der Waals surface area contributed by atoms with E-state index in [4.69, 9.17) is 4.74 Å². The summed E-state index contributed by atoms with van der Waals surface area (Å²) in [7, 11) is 3.49. The number of aliphatic hydroxyl groups excluding tert-OH is 1. The summed E-state index contributed by atoms with van der Waals surface area (Å²) in [6.07, 6.45) is 0.752. The SMILES string of the molecule is CCc1cc(C(O)Cc2cc(Br)ccc2OC)n(C)n1. The average molecular weight is 339 g/mol. The molecule has 0 radical (unpaired) electrons. The van der Waals surface area contributed by atoms with Crippen LogP contribution in [0.4, 0.5) is 0 Å². The van der Waals surface area contributed by atoms with E-state index in [2.05, 4.69) is 28.0 Å². The summed E-state index contributed by atoms with van der Waals surface area (Å²) < 4.78 is 8.06. The van der Waals surface area contributed by atoms with Crippen LogP contribution in [0, 0.1) is 0 Å². The van der Waals surface area contributed by atoms with Crippen LogP contribution in [0.3, 0.4) is 0 Å². The Hall–Kier alpha value is -1.33. The van der Waals surface area contributed by atoms with Crippen molar-refractivity contribution >= 4 is 15.9 Å². The van der Waals surface area contributed by atoms with E-state index in [1.807, 2.05) is 31.3 Å². The van der Waals surface area contributed by atoms with Crippen LogP contribution in [0.25, 0.3) is 0 Å². The van der Waals surface area contributed by atoms with Gasteiger partial charge in [-0.15, -0.1) is 0 Å². The van der Waals surface area contributed by atoms with E-state index >= 15 is 0 Å². The van der Waals surface area contributed by atoms with Crippen molar-refractivity contribution in [2.45, 2.75) is 25.9 Å². The minimum absolute atomic E-state index is 0.491. The van der Waals surface area contributed by atoms with Gasteiger partial charge >= 0.3 is 0 Å². The molecule has 20 heavy (non-hydrogen) atoms. The number of ether oxygens (including phenoxy) is 1. The summed E-state index contributed by atoms with van der Waals surface area (Å²) in [4.78, 5) is 0. The molecule has 1 heterocycles. The molecule has 1 unspecified atom stereocenters. The zero-order chi connectivity index (χ0) is 14.7. The minimum Gasteiger partial charge on any atom is -0.496 e. The molecular formula is C15H19BrN2O2. The lowest BCUT2D eigenvalue weighted by Crippen LogP contribution is -2.08. The monoisotopic (exact) mass is 338 g/mol. The second kappa shape index (κ2) is 6.41. The van der Waals surface area contributed by atoms with E-state index in [1.165, 1.54) is 0 Å². The second-order valence-corrected chi connectivity index (χ2v) is 5.63. The lowest BCUT2D eigenvalue weighted by molar-refractivity contribution is 0.167. The fourth-order valence-electron chi connectivity index (χ4n) is 2.25. The lowest BCUT2D eigenvalue weighted by Gasteiger charge is -2.14. The van der Waals surface area contributed by atoms with E-state index in [1.54, 1.807) is 11.8 Å². The number of hydrogen-bond acceptors (Lipinski definition) is 3. The number of methoxy groups -OCH3 is 1. The van der Waals surface area contributed by atoms with Gasteiger partial charge in [-0.25, -0.2) is 0 Å². The highest BCUT2D eigenvalue weighted by molar-refractivity contribution is 9.10. The fraction of sp³-hybridized carbons (Fsp3) is 0.400. The van der Waals surface area contributed by atoms with Crippen LogP contribution in [-0.2, 0) is 19.9 Å². The van der Waals surface area contributed by atoms with Gasteiger partial charge < -0.3 is 9.84 Å². The molecule has 1 aromatic carbocycles. The molecule has 4 nitrogen and oxygen atoms in total. The fourth-order valence-corrected chi connectivity index (χ4v) is 2.66. The summed E-state index contributed by atoms with van der Waals surface area (Å²) in [5, 5.41) is 14.8. The maximum absolute atomic E-state index is 10.4. The number of aliphatic hydroxyl groups is 1. The van der Waals surface area contributed by atoms with E-state index in [0.29, 0.717) is 6.42 Å². The Morgan fingerprint density at radius 2 is 2.15 bits per heavy atom. The number of benzene rings is 1. The Kier molecular flexibility index (Phi) is 4.83. The van der Waals surface area contributed by atoms with Crippen molar-refractivity contribution in [3.8, 4) is 5.75 Å². The third-order valence-corrected chi connectivity index (χ3v) is 3.82. The Morgan fingerprint density at radius 1 is 1.40 bits per heavy atom. The van der Waals surface area contributed by atoms with Gasteiger partial charge in [-0.1, -0.05) is 22.9 Å². The first-order chi connectivity index (χ1) is 9.55. The van der Waals surface area contributed by atoms with Gasteiger partial charge in [0, 0.05) is 17.9 Å². The van der Waals surface area contributed by atoms with Crippen LogP contribution < -0.4 is 4.74 Å². The predicted octanol–water partition coefficient (Wildman–Crippen LogP) is 3.03. The summed E-state index contributed by atoms with van der Waals surface area (Å²) in [5.74, 6) is 0.783. The molecule has 0 amide bonds. The van der Waals surface area contributed by atoms with Gasteiger partial charge in [0.2, 0.25) is 0 Å². The summed E-state index contributed by atoms with van der Waals surface area (Å²) in [6.45, 7) is 2.05. The van der Waals surface area contributed by atoms with Crippen LogP contribution in [-0.4, -0.2) is 22.0 Å². The first kappa shape index (κ1) is 15.1. The molecule has 108 valence electrons. The average Bonchev–Trinajstić information content (AvgIpc) is 2.80. The van der Waals surface area contributed by atoms with E-state index in [0.717, 1.165) is 33.6 Å². The minimum atomic E-state index is -0.601. The number of hydrogen-bond donors (Lipinski definition) is 1. The van der Waals surface area contributed by atoms with Gasteiger partial charge in [0.05, 0.1) is 24.6 Å². The molecule has 0 aliphatic rings. The largest absolute Gasteiger partial charge is 0.496 e. The van der Waals surface area contributed by atoms with Crippen molar-refractivity contribution in [3.05, 3.63) is 45.7 Å². The van der Waals surface area contributed by atoms with Crippen LogP contribution >= 0.6 is 15.9 Å². The Morgan fingerprint density at radius 3 is 2.75 bits per heavy atom. The molecule has 2 aromatic rings. The van der Waals surface area contributed by atoms with E-state index < -0.39 is 6.10 Å². The number of aryl methyl sites for hydroxylation is 2. The van der Waals surface area contributed by atoms with Gasteiger partial charge in [-0.3, -0.25) is 4.68 Å². The van der Waals surface area contributed by atoms with Crippen LogP contribution in [0.1, 0.15) is 30.0 Å². The van der Waals surface area contributed by atoms with Gasteiger partial charge in [0.25, 0.3) is 0 Å². The first-order valence-electron chi connectivity index (χ1n) is 6.58. The zero-order valence-corrected chi connectivity index (χ0v) is 13.5. The van der Waals surface area contributed by atoms with E-state index in [9.17, 15) is 5.11 Å². The molecule has 1 atom stereocenters. The molecule has 0 spiro atoms. The van der Waals surface area contributed by atoms with Crippen molar-refractivity contribution < 1.29 is 9.84 Å². The molecule has 0 aliphatic heterocycles. The molecule has 5 heteroatoms.